The molecule has 0 saturated carbocycles. The van der Waals surface area contributed by atoms with Gasteiger partial charge in [0.25, 0.3) is 17.5 Å². The molecule has 1 aromatic carbocycles. The minimum Gasteiger partial charge on any atom is -0.378 e. The highest BCUT2D eigenvalue weighted by atomic mass is 16.6. The van der Waals surface area contributed by atoms with Gasteiger partial charge in [-0.15, -0.1) is 0 Å². The molecule has 158 valence electrons. The number of carbonyl (C=O) groups excluding carboxylic acids is 2. The van der Waals surface area contributed by atoms with Crippen LogP contribution >= 0.6 is 0 Å². The lowest BCUT2D eigenvalue weighted by Crippen LogP contribution is -2.42. The molecule has 0 aliphatic carbocycles. The molecule has 0 radical (unpaired) electrons. The number of benzene rings is 1. The van der Waals surface area contributed by atoms with E-state index in [0.717, 1.165) is 18.5 Å². The maximum atomic E-state index is 12.9. The van der Waals surface area contributed by atoms with Crippen molar-refractivity contribution >= 4 is 17.5 Å². The van der Waals surface area contributed by atoms with Crippen LogP contribution in [0.1, 0.15) is 45.2 Å². The zero-order valence-corrected chi connectivity index (χ0v) is 16.5. The number of aromatic amines is 1. The second-order valence-electron chi connectivity index (χ2n) is 7.50. The Morgan fingerprint density at radius 3 is 2.73 bits per heavy atom. The van der Waals surface area contributed by atoms with Crippen molar-refractivity contribution in [2.75, 3.05) is 39.4 Å². The predicted molar refractivity (Wildman–Crippen MR) is 106 cm³/mol. The van der Waals surface area contributed by atoms with Gasteiger partial charge in [0.15, 0.2) is 0 Å². The third-order valence-corrected chi connectivity index (χ3v) is 5.62. The Morgan fingerprint density at radius 2 is 1.97 bits per heavy atom. The Labute approximate surface area is 172 Å². The standard InChI is InChI=1S/C20H23N5O5/c26-19(14-3-1-5-16(11-14)25(28)29)24-6-2-4-15(13-24)18-17(12-21-22-18)20(27)23-7-9-30-10-8-23/h1,3,5,11-12,15H,2,4,6-10,13H2,(H,21,22). The van der Waals surface area contributed by atoms with Gasteiger partial charge in [-0.3, -0.25) is 24.8 Å². The van der Waals surface area contributed by atoms with Gasteiger partial charge < -0.3 is 14.5 Å². The monoisotopic (exact) mass is 413 g/mol. The number of non-ortho nitro benzene ring substituents is 1. The Hall–Kier alpha value is -3.27. The third kappa shape index (κ3) is 4.04. The van der Waals surface area contributed by atoms with E-state index in [9.17, 15) is 19.7 Å². The Morgan fingerprint density at radius 1 is 1.17 bits per heavy atom. The minimum absolute atomic E-state index is 0.0520. The second kappa shape index (κ2) is 8.62. The number of nitro groups is 1. The van der Waals surface area contributed by atoms with Crippen molar-refractivity contribution in [1.82, 2.24) is 20.0 Å². The summed E-state index contributed by atoms with van der Waals surface area (Å²) in [5.74, 6) is -0.378. The second-order valence-corrected chi connectivity index (χ2v) is 7.50. The van der Waals surface area contributed by atoms with Gasteiger partial charge in [0.05, 0.1) is 35.6 Å². The van der Waals surface area contributed by atoms with E-state index in [0.29, 0.717) is 50.5 Å². The van der Waals surface area contributed by atoms with Crippen LogP contribution in [0.25, 0.3) is 0 Å². The Bertz CT molecular complexity index is 953. The van der Waals surface area contributed by atoms with E-state index in [-0.39, 0.29) is 23.4 Å². The number of nitrogens with zero attached hydrogens (tertiary/aromatic N) is 4. The molecule has 4 rings (SSSR count). The molecule has 2 fully saturated rings. The van der Waals surface area contributed by atoms with Gasteiger partial charge in [0.1, 0.15) is 0 Å². The summed E-state index contributed by atoms with van der Waals surface area (Å²) < 4.78 is 5.32. The molecule has 1 N–H and O–H groups in total. The average Bonchev–Trinajstić information content (AvgIpc) is 3.29. The van der Waals surface area contributed by atoms with Crippen LogP contribution in [0.15, 0.2) is 30.5 Å². The summed E-state index contributed by atoms with van der Waals surface area (Å²) in [6, 6.07) is 5.77. The van der Waals surface area contributed by atoms with Crippen LogP contribution in [0, 0.1) is 10.1 Å². The zero-order chi connectivity index (χ0) is 21.1. The number of nitro benzene ring substituents is 1. The number of carbonyl (C=O) groups is 2. The van der Waals surface area contributed by atoms with E-state index in [1.807, 2.05) is 0 Å². The number of aromatic nitrogens is 2. The fraction of sp³-hybridized carbons (Fsp3) is 0.450. The molecule has 2 aliphatic heterocycles. The minimum atomic E-state index is -0.510. The van der Waals surface area contributed by atoms with Gasteiger partial charge in [-0.05, 0) is 18.9 Å². The molecule has 30 heavy (non-hydrogen) atoms. The summed E-state index contributed by atoms with van der Waals surface area (Å²) in [6.07, 6.45) is 3.15. The Kier molecular flexibility index (Phi) is 5.75. The van der Waals surface area contributed by atoms with Crippen molar-refractivity contribution < 1.29 is 19.2 Å². The highest BCUT2D eigenvalue weighted by molar-refractivity contribution is 5.96. The third-order valence-electron chi connectivity index (χ3n) is 5.62. The van der Waals surface area contributed by atoms with Gasteiger partial charge in [-0.1, -0.05) is 6.07 Å². The van der Waals surface area contributed by atoms with E-state index in [1.54, 1.807) is 22.1 Å². The maximum Gasteiger partial charge on any atom is 0.270 e. The topological polar surface area (TPSA) is 122 Å². The van der Waals surface area contributed by atoms with Gasteiger partial charge in [0, 0.05) is 49.8 Å². The maximum absolute atomic E-state index is 12.9. The fourth-order valence-corrected chi connectivity index (χ4v) is 4.05. The van der Waals surface area contributed by atoms with Crippen molar-refractivity contribution in [2.45, 2.75) is 18.8 Å². The molecule has 10 nitrogen and oxygen atoms in total. The number of hydrogen-bond acceptors (Lipinski definition) is 6. The van der Waals surface area contributed by atoms with Gasteiger partial charge in [-0.2, -0.15) is 5.10 Å². The number of piperidine rings is 1. The number of likely N-dealkylation sites (tertiary alicyclic amines) is 1. The van der Waals surface area contributed by atoms with Crippen LogP contribution in [0.5, 0.6) is 0 Å². The van der Waals surface area contributed by atoms with Crippen molar-refractivity contribution in [2.24, 2.45) is 0 Å². The largest absolute Gasteiger partial charge is 0.378 e. The van der Waals surface area contributed by atoms with Gasteiger partial charge in [-0.25, -0.2) is 0 Å². The van der Waals surface area contributed by atoms with Crippen molar-refractivity contribution in [3.05, 3.63) is 57.4 Å². The van der Waals surface area contributed by atoms with Crippen LogP contribution in [-0.2, 0) is 4.74 Å². The molecule has 1 aromatic heterocycles. The molecule has 1 unspecified atom stereocenters. The predicted octanol–water partition coefficient (Wildman–Crippen LogP) is 1.81. The zero-order valence-electron chi connectivity index (χ0n) is 16.5. The van der Waals surface area contributed by atoms with E-state index in [4.69, 9.17) is 4.74 Å². The lowest BCUT2D eigenvalue weighted by Gasteiger charge is -2.33. The fourth-order valence-electron chi connectivity index (χ4n) is 4.05. The number of rotatable bonds is 4. The van der Waals surface area contributed by atoms with Crippen LogP contribution in [0.2, 0.25) is 0 Å². The van der Waals surface area contributed by atoms with E-state index >= 15 is 0 Å². The molecule has 2 aromatic rings. The van der Waals surface area contributed by atoms with E-state index in [1.165, 1.54) is 18.2 Å². The van der Waals surface area contributed by atoms with Gasteiger partial charge in [0.2, 0.25) is 0 Å². The lowest BCUT2D eigenvalue weighted by molar-refractivity contribution is -0.384. The van der Waals surface area contributed by atoms with Crippen LogP contribution < -0.4 is 0 Å². The van der Waals surface area contributed by atoms with Crippen molar-refractivity contribution in [3.63, 3.8) is 0 Å². The first kappa shape index (κ1) is 20.0. The average molecular weight is 413 g/mol. The summed E-state index contributed by atoms with van der Waals surface area (Å²) in [5.41, 5.74) is 1.45. The van der Waals surface area contributed by atoms with Crippen molar-refractivity contribution in [3.8, 4) is 0 Å². The first-order valence-electron chi connectivity index (χ1n) is 9.98. The lowest BCUT2D eigenvalue weighted by atomic mass is 9.91. The Balaban J connectivity index is 1.50. The highest BCUT2D eigenvalue weighted by Gasteiger charge is 2.31. The SMILES string of the molecule is O=C(c1cccc([N+](=O)[O-])c1)N1CCCC(c2[nH]ncc2C(=O)N2CCOCC2)C1. The molecule has 2 aliphatic rings. The molecular formula is C20H23N5O5. The molecule has 10 heteroatoms. The summed E-state index contributed by atoms with van der Waals surface area (Å²) >= 11 is 0. The smallest absolute Gasteiger partial charge is 0.270 e. The number of amides is 2. The molecule has 2 amide bonds. The molecular weight excluding hydrogens is 390 g/mol. The van der Waals surface area contributed by atoms with Crippen LogP contribution in [0.4, 0.5) is 5.69 Å². The molecule has 3 heterocycles. The first-order chi connectivity index (χ1) is 14.5. The van der Waals surface area contributed by atoms with E-state index < -0.39 is 4.92 Å². The number of hydrogen-bond donors (Lipinski definition) is 1. The first-order valence-corrected chi connectivity index (χ1v) is 9.98. The van der Waals surface area contributed by atoms with Crippen LogP contribution in [0.3, 0.4) is 0 Å². The molecule has 0 spiro atoms. The molecule has 1 atom stereocenters. The van der Waals surface area contributed by atoms with Gasteiger partial charge >= 0.3 is 0 Å². The number of ether oxygens (including phenoxy) is 1. The van der Waals surface area contributed by atoms with Crippen LogP contribution in [-0.4, -0.2) is 76.1 Å². The number of H-pyrrole nitrogens is 1. The summed E-state index contributed by atoms with van der Waals surface area (Å²) in [7, 11) is 0. The van der Waals surface area contributed by atoms with E-state index in [2.05, 4.69) is 10.2 Å². The quantitative estimate of drug-likeness (QED) is 0.603. The molecule has 2 saturated heterocycles. The summed E-state index contributed by atoms with van der Waals surface area (Å²) in [5, 5.41) is 18.1. The number of morpholine rings is 1. The summed E-state index contributed by atoms with van der Waals surface area (Å²) in [4.78, 5) is 39.8. The summed E-state index contributed by atoms with van der Waals surface area (Å²) in [6.45, 7) is 3.13. The molecule has 0 bridgehead atoms. The normalized spacial score (nSPS) is 19.5. The highest BCUT2D eigenvalue weighted by Crippen LogP contribution is 2.29. The number of nitrogens with one attached hydrogen (secondary N) is 1. The van der Waals surface area contributed by atoms with Crippen molar-refractivity contribution in [1.29, 1.82) is 0 Å².